The highest BCUT2D eigenvalue weighted by Gasteiger charge is 2.55. The first kappa shape index (κ1) is 32.4. The predicted molar refractivity (Wildman–Crippen MR) is 233 cm³/mol. The molecule has 3 heterocycles. The lowest BCUT2D eigenvalue weighted by atomic mass is 9.80. The first-order chi connectivity index (χ1) is 28.8. The average Bonchev–Trinajstić information content (AvgIpc) is 3.77. The van der Waals surface area contributed by atoms with E-state index in [9.17, 15) is 0 Å². The summed E-state index contributed by atoms with van der Waals surface area (Å²) in [5.41, 5.74) is 11.8. The molecular formula is C52H32N6. The molecule has 0 atom stereocenters. The summed E-state index contributed by atoms with van der Waals surface area (Å²) in [5.74, 6) is 2.47. The third kappa shape index (κ3) is 4.63. The molecule has 12 rings (SSSR count). The Morgan fingerprint density at radius 1 is 0.345 bits per heavy atom. The average molecular weight is 741 g/mol. The van der Waals surface area contributed by atoms with Gasteiger partial charge in [-0.2, -0.15) is 9.97 Å². The van der Waals surface area contributed by atoms with Gasteiger partial charge in [0.05, 0.1) is 16.9 Å². The number of nitrogens with zero attached hydrogens (tertiary/aromatic N) is 6. The molecule has 6 heteroatoms. The normalized spacial score (nSPS) is 13.3. The van der Waals surface area contributed by atoms with Crippen molar-refractivity contribution in [3.8, 4) is 56.5 Å². The lowest BCUT2D eigenvalue weighted by Gasteiger charge is -2.39. The minimum absolute atomic E-state index is 0.567. The van der Waals surface area contributed by atoms with Gasteiger partial charge >= 0.3 is 0 Å². The van der Waals surface area contributed by atoms with Crippen molar-refractivity contribution in [1.82, 2.24) is 24.9 Å². The molecule has 10 aromatic rings. The third-order valence-electron chi connectivity index (χ3n) is 11.7. The van der Waals surface area contributed by atoms with Gasteiger partial charge < -0.3 is 0 Å². The van der Waals surface area contributed by atoms with Gasteiger partial charge in [-0.25, -0.2) is 15.0 Å². The van der Waals surface area contributed by atoms with E-state index in [2.05, 4.69) is 150 Å². The fourth-order valence-corrected chi connectivity index (χ4v) is 9.28. The van der Waals surface area contributed by atoms with Gasteiger partial charge in [0.1, 0.15) is 5.54 Å². The molecule has 8 aromatic carbocycles. The largest absolute Gasteiger partial charge is 0.291 e. The Hall–Kier alpha value is -7.83. The summed E-state index contributed by atoms with van der Waals surface area (Å²) >= 11 is 0. The number of benzene rings is 8. The van der Waals surface area contributed by atoms with Crippen molar-refractivity contribution in [2.24, 2.45) is 0 Å². The molecule has 0 fully saturated rings. The fraction of sp³-hybridized carbons (Fsp3) is 0.0192. The molecule has 1 aliphatic carbocycles. The standard InChI is InChI=1S/C52H32N6/c1-4-17-33(18-5-1)47-40-25-12-15-30-44(40)53-50(54-47)39-31-32-45-46-38(39)26-16-29-43(46)52(41-27-13-10-23-36(41)37-24-11-14-28-42(37)52)58(45)51-56-48(34-19-6-2-7-20-34)55-49(57-51)35-21-8-3-9-22-35/h1-32H. The maximum atomic E-state index is 5.38. The Balaban J connectivity index is 1.18. The van der Waals surface area contributed by atoms with Crippen LogP contribution >= 0.6 is 0 Å². The van der Waals surface area contributed by atoms with E-state index >= 15 is 0 Å². The summed E-state index contributed by atoms with van der Waals surface area (Å²) in [6.45, 7) is 0. The molecule has 0 amide bonds. The van der Waals surface area contributed by atoms with Crippen molar-refractivity contribution in [3.05, 3.63) is 211 Å². The van der Waals surface area contributed by atoms with Gasteiger partial charge in [0.15, 0.2) is 17.5 Å². The molecule has 1 aliphatic heterocycles. The lowest BCUT2D eigenvalue weighted by Crippen LogP contribution is -2.42. The molecule has 0 saturated carbocycles. The molecule has 58 heavy (non-hydrogen) atoms. The molecule has 2 aromatic heterocycles. The minimum atomic E-state index is -0.795. The molecule has 0 N–H and O–H groups in total. The Morgan fingerprint density at radius 2 is 0.879 bits per heavy atom. The van der Waals surface area contributed by atoms with Gasteiger partial charge in [0.2, 0.25) is 5.95 Å². The summed E-state index contributed by atoms with van der Waals surface area (Å²) in [4.78, 5) is 28.8. The number of hydrogen-bond donors (Lipinski definition) is 0. The molecule has 270 valence electrons. The van der Waals surface area contributed by atoms with Gasteiger partial charge in [-0.3, -0.25) is 4.90 Å². The topological polar surface area (TPSA) is 67.7 Å². The summed E-state index contributed by atoms with van der Waals surface area (Å²) in [7, 11) is 0. The van der Waals surface area contributed by atoms with E-state index in [1.807, 2.05) is 48.5 Å². The van der Waals surface area contributed by atoms with Crippen LogP contribution in [0.25, 0.3) is 78.2 Å². The van der Waals surface area contributed by atoms with Gasteiger partial charge in [-0.05, 0) is 51.4 Å². The predicted octanol–water partition coefficient (Wildman–Crippen LogP) is 12.1. The summed E-state index contributed by atoms with van der Waals surface area (Å²) < 4.78 is 0. The number of para-hydroxylation sites is 1. The van der Waals surface area contributed by atoms with Crippen molar-refractivity contribution < 1.29 is 0 Å². The van der Waals surface area contributed by atoms with Crippen molar-refractivity contribution in [2.75, 3.05) is 4.90 Å². The van der Waals surface area contributed by atoms with E-state index < -0.39 is 5.54 Å². The number of fused-ring (bicyclic) bond motifs is 7. The van der Waals surface area contributed by atoms with Crippen molar-refractivity contribution in [3.63, 3.8) is 0 Å². The van der Waals surface area contributed by atoms with Gasteiger partial charge in [0, 0.05) is 33.0 Å². The molecule has 0 radical (unpaired) electrons. The molecule has 1 spiro atoms. The first-order valence-electron chi connectivity index (χ1n) is 19.5. The van der Waals surface area contributed by atoms with Crippen LogP contribution in [0.1, 0.15) is 16.7 Å². The molecule has 0 saturated heterocycles. The maximum Gasteiger partial charge on any atom is 0.235 e. The van der Waals surface area contributed by atoms with Crippen LogP contribution < -0.4 is 4.90 Å². The fourth-order valence-electron chi connectivity index (χ4n) is 9.28. The second-order valence-electron chi connectivity index (χ2n) is 14.8. The molecule has 0 unspecified atom stereocenters. The van der Waals surface area contributed by atoms with Crippen molar-refractivity contribution in [1.29, 1.82) is 0 Å². The molecule has 0 bridgehead atoms. The molecule has 2 aliphatic rings. The second-order valence-corrected chi connectivity index (χ2v) is 14.8. The van der Waals surface area contributed by atoms with E-state index in [1.165, 1.54) is 22.3 Å². The van der Waals surface area contributed by atoms with Gasteiger partial charge in [-0.15, -0.1) is 0 Å². The van der Waals surface area contributed by atoms with Crippen molar-refractivity contribution in [2.45, 2.75) is 5.54 Å². The monoisotopic (exact) mass is 740 g/mol. The van der Waals surface area contributed by atoms with Crippen LogP contribution in [0.2, 0.25) is 0 Å². The van der Waals surface area contributed by atoms with Crippen LogP contribution in [-0.2, 0) is 5.54 Å². The molecule has 6 nitrogen and oxygen atoms in total. The lowest BCUT2D eigenvalue weighted by molar-refractivity contribution is 0.652. The first-order valence-corrected chi connectivity index (χ1v) is 19.5. The summed E-state index contributed by atoms with van der Waals surface area (Å²) in [6, 6.07) is 67.7. The smallest absolute Gasteiger partial charge is 0.235 e. The van der Waals surface area contributed by atoms with E-state index in [0.29, 0.717) is 23.4 Å². The zero-order chi connectivity index (χ0) is 38.2. The van der Waals surface area contributed by atoms with Gasteiger partial charge in [-0.1, -0.05) is 176 Å². The maximum absolute atomic E-state index is 5.38. The summed E-state index contributed by atoms with van der Waals surface area (Å²) in [6.07, 6.45) is 0. The van der Waals surface area contributed by atoms with E-state index in [4.69, 9.17) is 24.9 Å². The van der Waals surface area contributed by atoms with E-state index in [1.54, 1.807) is 0 Å². The molecular weight excluding hydrogens is 709 g/mol. The highest BCUT2D eigenvalue weighted by atomic mass is 15.3. The number of aromatic nitrogens is 5. The Morgan fingerprint density at radius 3 is 1.53 bits per heavy atom. The zero-order valence-electron chi connectivity index (χ0n) is 31.2. The highest BCUT2D eigenvalue weighted by molar-refractivity contribution is 6.12. The third-order valence-corrected chi connectivity index (χ3v) is 11.7. The number of anilines is 2. The minimum Gasteiger partial charge on any atom is -0.291 e. The Labute approximate surface area is 334 Å². The van der Waals surface area contributed by atoms with Crippen LogP contribution in [-0.4, -0.2) is 24.9 Å². The van der Waals surface area contributed by atoms with Crippen LogP contribution in [0.3, 0.4) is 0 Å². The van der Waals surface area contributed by atoms with E-state index in [-0.39, 0.29) is 0 Å². The second kappa shape index (κ2) is 12.6. The van der Waals surface area contributed by atoms with Gasteiger partial charge in [0.25, 0.3) is 0 Å². The Kier molecular flexibility index (Phi) is 7.04. The van der Waals surface area contributed by atoms with E-state index in [0.717, 1.165) is 60.9 Å². The number of hydrogen-bond acceptors (Lipinski definition) is 6. The van der Waals surface area contributed by atoms with Crippen LogP contribution in [0, 0.1) is 0 Å². The quantitative estimate of drug-likeness (QED) is 0.175. The van der Waals surface area contributed by atoms with Crippen LogP contribution in [0.4, 0.5) is 11.6 Å². The summed E-state index contributed by atoms with van der Waals surface area (Å²) in [5, 5.41) is 3.20. The Bertz CT molecular complexity index is 3140. The number of rotatable bonds is 5. The highest BCUT2D eigenvalue weighted by Crippen LogP contribution is 2.63. The SMILES string of the molecule is c1ccc(-c2nc(-c3ccccc3)nc(N3c4ccc(-c5nc(-c6ccccc6)c6ccccc6n5)c5cccc(c45)C34c3ccccc3-c3ccccc34)n2)cc1. The zero-order valence-corrected chi connectivity index (χ0v) is 31.2. The van der Waals surface area contributed by atoms with Crippen molar-refractivity contribution >= 4 is 33.3 Å². The van der Waals surface area contributed by atoms with Crippen LogP contribution in [0.5, 0.6) is 0 Å². The van der Waals surface area contributed by atoms with Crippen LogP contribution in [0.15, 0.2) is 194 Å².